The number of aromatic nitrogens is 2. The van der Waals surface area contributed by atoms with E-state index >= 15 is 0 Å². The summed E-state index contributed by atoms with van der Waals surface area (Å²) < 4.78 is 6.66. The molecule has 0 saturated carbocycles. The summed E-state index contributed by atoms with van der Waals surface area (Å²) in [6, 6.07) is 0. The van der Waals surface area contributed by atoms with Crippen LogP contribution in [0.5, 0.6) is 0 Å². The fourth-order valence-corrected chi connectivity index (χ4v) is 1.79. The molecule has 0 unspecified atom stereocenters. The molecule has 1 aromatic heterocycles. The van der Waals surface area contributed by atoms with E-state index in [1.165, 1.54) is 0 Å². The van der Waals surface area contributed by atoms with Crippen molar-refractivity contribution in [3.8, 4) is 0 Å². The quantitative estimate of drug-likeness (QED) is 0.551. The summed E-state index contributed by atoms with van der Waals surface area (Å²) >= 11 is 0. The average molecular weight is 281 g/mol. The van der Waals surface area contributed by atoms with Gasteiger partial charge in [0.25, 0.3) is 0 Å². The van der Waals surface area contributed by atoms with Gasteiger partial charge in [-0.05, 0) is 27.8 Å². The first-order valence-electron chi connectivity index (χ1n) is 6.64. The largest absolute Gasteiger partial charge is 0.465 e. The highest BCUT2D eigenvalue weighted by atomic mass is 16.5. The van der Waals surface area contributed by atoms with Gasteiger partial charge < -0.3 is 4.74 Å². The Bertz CT molecular complexity index is 480. The molecule has 0 aliphatic rings. The lowest BCUT2D eigenvalue weighted by Gasteiger charge is -2.24. The molecule has 0 radical (unpaired) electrons. The Labute approximate surface area is 119 Å². The van der Waals surface area contributed by atoms with Crippen LogP contribution in [-0.4, -0.2) is 46.6 Å². The minimum atomic E-state index is -1.11. The third-order valence-corrected chi connectivity index (χ3v) is 3.11. The fourth-order valence-electron chi connectivity index (χ4n) is 1.79. The lowest BCUT2D eigenvalue weighted by molar-refractivity contribution is -0.158. The number of carbonyl (C=O) groups excluding carboxylic acids is 2. The highest BCUT2D eigenvalue weighted by Crippen LogP contribution is 2.19. The Hall–Kier alpha value is -1.69. The monoisotopic (exact) mass is 281 g/mol. The van der Waals surface area contributed by atoms with E-state index in [2.05, 4.69) is 5.10 Å². The Morgan fingerprint density at radius 2 is 2.10 bits per heavy atom. The van der Waals surface area contributed by atoms with Gasteiger partial charge in [-0.3, -0.25) is 19.2 Å². The van der Waals surface area contributed by atoms with Gasteiger partial charge in [0, 0.05) is 25.4 Å². The molecule has 1 rings (SSSR count). The Balaban J connectivity index is 2.58. The average Bonchev–Trinajstić information content (AvgIpc) is 2.74. The summed E-state index contributed by atoms with van der Waals surface area (Å²) in [5, 5.41) is 4.08. The van der Waals surface area contributed by atoms with Gasteiger partial charge in [0.1, 0.15) is 5.41 Å². The normalized spacial score (nSPS) is 11.7. The smallest absolute Gasteiger partial charge is 0.319 e. The molecular weight excluding hydrogens is 258 g/mol. The highest BCUT2D eigenvalue weighted by Gasteiger charge is 2.37. The Morgan fingerprint density at radius 1 is 1.45 bits per heavy atom. The van der Waals surface area contributed by atoms with Crippen molar-refractivity contribution in [3.63, 3.8) is 0 Å². The number of hydrogen-bond acceptors (Lipinski definition) is 5. The van der Waals surface area contributed by atoms with Crippen molar-refractivity contribution in [2.75, 3.05) is 20.2 Å². The van der Waals surface area contributed by atoms with Gasteiger partial charge in [-0.25, -0.2) is 0 Å². The van der Waals surface area contributed by atoms with Crippen LogP contribution in [0.3, 0.4) is 0 Å². The predicted molar refractivity (Wildman–Crippen MR) is 75.0 cm³/mol. The maximum Gasteiger partial charge on any atom is 0.319 e. The van der Waals surface area contributed by atoms with Gasteiger partial charge in [-0.1, -0.05) is 0 Å². The van der Waals surface area contributed by atoms with E-state index in [4.69, 9.17) is 4.74 Å². The van der Waals surface area contributed by atoms with Crippen LogP contribution >= 0.6 is 0 Å². The summed E-state index contributed by atoms with van der Waals surface area (Å²) in [5.41, 5.74) is -0.0871. The molecule has 112 valence electrons. The van der Waals surface area contributed by atoms with Crippen molar-refractivity contribution in [2.45, 2.75) is 27.3 Å². The molecule has 0 spiro atoms. The van der Waals surface area contributed by atoms with Gasteiger partial charge in [0.05, 0.1) is 19.3 Å². The summed E-state index contributed by atoms with van der Waals surface area (Å²) in [4.78, 5) is 25.9. The number of hydrogen-bond donors (Lipinski definition) is 0. The zero-order valence-corrected chi connectivity index (χ0v) is 12.8. The zero-order chi connectivity index (χ0) is 15.3. The second-order valence-corrected chi connectivity index (χ2v) is 5.46. The van der Waals surface area contributed by atoms with Gasteiger partial charge in [0.2, 0.25) is 0 Å². The molecule has 0 N–H and O–H groups in total. The summed E-state index contributed by atoms with van der Waals surface area (Å²) in [6.45, 7) is 6.02. The lowest BCUT2D eigenvalue weighted by atomic mass is 9.88. The first-order chi connectivity index (χ1) is 9.27. The molecule has 0 fully saturated rings. The highest BCUT2D eigenvalue weighted by molar-refractivity contribution is 6.03. The number of likely N-dealkylation sites (N-methyl/N-ethyl adjacent to an activating group) is 1. The van der Waals surface area contributed by atoms with E-state index in [0.29, 0.717) is 6.54 Å². The number of ketones is 1. The Morgan fingerprint density at radius 3 is 2.60 bits per heavy atom. The Kier molecular flexibility index (Phi) is 5.44. The maximum atomic E-state index is 12.2. The second kappa shape index (κ2) is 6.65. The van der Waals surface area contributed by atoms with Crippen LogP contribution in [0.15, 0.2) is 12.4 Å². The minimum absolute atomic E-state index is 0.151. The molecule has 6 nitrogen and oxygen atoms in total. The first kappa shape index (κ1) is 16.4. The van der Waals surface area contributed by atoms with E-state index in [1.54, 1.807) is 31.6 Å². The molecule has 6 heteroatoms. The van der Waals surface area contributed by atoms with Crippen LogP contribution in [0.2, 0.25) is 0 Å². The van der Waals surface area contributed by atoms with Crippen LogP contribution in [-0.2, 0) is 27.9 Å². The third kappa shape index (κ3) is 4.16. The van der Waals surface area contributed by atoms with Gasteiger partial charge in [-0.2, -0.15) is 5.10 Å². The molecule has 0 amide bonds. The molecule has 20 heavy (non-hydrogen) atoms. The van der Waals surface area contributed by atoms with Crippen LogP contribution in [0.1, 0.15) is 26.3 Å². The number of nitrogens with zero attached hydrogens (tertiary/aromatic N) is 3. The molecule has 0 bridgehead atoms. The first-order valence-corrected chi connectivity index (χ1v) is 6.64. The summed E-state index contributed by atoms with van der Waals surface area (Å²) in [6.07, 6.45) is 3.66. The SMILES string of the molecule is CCOC(=O)C(C)(C)C(=O)CN(C)Cc1cnn(C)c1. The summed E-state index contributed by atoms with van der Waals surface area (Å²) in [7, 11) is 3.69. The van der Waals surface area contributed by atoms with E-state index in [1.807, 2.05) is 25.2 Å². The maximum absolute atomic E-state index is 12.2. The topological polar surface area (TPSA) is 64.4 Å². The van der Waals surface area contributed by atoms with Gasteiger partial charge >= 0.3 is 5.97 Å². The molecule has 0 aromatic carbocycles. The predicted octanol–water partition coefficient (Wildman–Crippen LogP) is 1.01. The van der Waals surface area contributed by atoms with Crippen molar-refractivity contribution < 1.29 is 14.3 Å². The van der Waals surface area contributed by atoms with Crippen molar-refractivity contribution in [1.29, 1.82) is 0 Å². The van der Waals surface area contributed by atoms with Crippen molar-refractivity contribution >= 4 is 11.8 Å². The van der Waals surface area contributed by atoms with Gasteiger partial charge in [0.15, 0.2) is 5.78 Å². The third-order valence-electron chi connectivity index (χ3n) is 3.11. The number of rotatable bonds is 7. The molecule has 0 aliphatic carbocycles. The van der Waals surface area contributed by atoms with Crippen LogP contribution in [0.25, 0.3) is 0 Å². The number of ether oxygens (including phenoxy) is 1. The van der Waals surface area contributed by atoms with Crippen molar-refractivity contribution in [1.82, 2.24) is 14.7 Å². The molecule has 1 heterocycles. The van der Waals surface area contributed by atoms with E-state index in [0.717, 1.165) is 5.56 Å². The van der Waals surface area contributed by atoms with Crippen molar-refractivity contribution in [3.05, 3.63) is 18.0 Å². The minimum Gasteiger partial charge on any atom is -0.465 e. The molecule has 0 atom stereocenters. The number of esters is 1. The molecule has 0 aliphatic heterocycles. The van der Waals surface area contributed by atoms with Gasteiger partial charge in [-0.15, -0.1) is 0 Å². The summed E-state index contributed by atoms with van der Waals surface area (Å²) in [5.74, 6) is -0.623. The van der Waals surface area contributed by atoms with Crippen LogP contribution < -0.4 is 0 Å². The second-order valence-electron chi connectivity index (χ2n) is 5.46. The molecular formula is C14H23N3O3. The van der Waals surface area contributed by atoms with E-state index < -0.39 is 11.4 Å². The van der Waals surface area contributed by atoms with Crippen molar-refractivity contribution in [2.24, 2.45) is 12.5 Å². The van der Waals surface area contributed by atoms with Crippen LogP contribution in [0, 0.1) is 5.41 Å². The lowest BCUT2D eigenvalue weighted by Crippen LogP contribution is -2.41. The number of aryl methyl sites for hydroxylation is 1. The zero-order valence-electron chi connectivity index (χ0n) is 12.8. The standard InChI is InChI=1S/C14H23N3O3/c1-6-20-13(19)14(2,3)12(18)10-16(4)8-11-7-15-17(5)9-11/h7,9H,6,8,10H2,1-5H3. The van der Waals surface area contributed by atoms with Crippen LogP contribution in [0.4, 0.5) is 0 Å². The van der Waals surface area contributed by atoms with E-state index in [9.17, 15) is 9.59 Å². The number of carbonyl (C=O) groups is 2. The fraction of sp³-hybridized carbons (Fsp3) is 0.643. The van der Waals surface area contributed by atoms with E-state index in [-0.39, 0.29) is 18.9 Å². The molecule has 1 aromatic rings. The number of Topliss-reactive ketones (excluding diaryl/α,β-unsaturated/α-hetero) is 1. The molecule has 0 saturated heterocycles.